The van der Waals surface area contributed by atoms with E-state index in [1.807, 2.05) is 7.05 Å². The maximum absolute atomic E-state index is 11.3. The van der Waals surface area contributed by atoms with Gasteiger partial charge in [0.2, 0.25) is 5.91 Å². The quantitative estimate of drug-likeness (QED) is 0.526. The number of carbonyl (C=O) groups excluding carboxylic acids is 1. The summed E-state index contributed by atoms with van der Waals surface area (Å²) in [5, 5.41) is 3.61. The Morgan fingerprint density at radius 1 is 1.23 bits per heavy atom. The molecule has 7 heteroatoms. The van der Waals surface area contributed by atoms with Crippen LogP contribution in [0.2, 0.25) is 0 Å². The normalized spacial score (nSPS) is 24.7. The van der Waals surface area contributed by atoms with Gasteiger partial charge in [0.15, 0.2) is 5.96 Å². The Morgan fingerprint density at radius 2 is 1.92 bits per heavy atom. The number of amides is 1. The highest BCUT2D eigenvalue weighted by atomic mass is 16.1. The van der Waals surface area contributed by atoms with Gasteiger partial charge in [0.25, 0.3) is 0 Å². The molecule has 2 atom stereocenters. The van der Waals surface area contributed by atoms with Crippen LogP contribution in [0.25, 0.3) is 0 Å². The predicted molar refractivity (Wildman–Crippen MR) is 107 cm³/mol. The fourth-order valence-electron chi connectivity index (χ4n) is 4.18. The van der Waals surface area contributed by atoms with Gasteiger partial charge in [-0.15, -0.1) is 0 Å². The number of guanidine groups is 1. The fourth-order valence-corrected chi connectivity index (χ4v) is 4.18. The number of hydrogen-bond acceptors (Lipinski definition) is 4. The molecule has 0 radical (unpaired) electrons. The zero-order valence-electron chi connectivity index (χ0n) is 17.1. The first-order chi connectivity index (χ1) is 12.4. The van der Waals surface area contributed by atoms with Gasteiger partial charge in [-0.05, 0) is 31.7 Å². The van der Waals surface area contributed by atoms with Crippen LogP contribution in [0.1, 0.15) is 33.1 Å². The Bertz CT molecular complexity index is 473. The van der Waals surface area contributed by atoms with Crippen LogP contribution in [-0.4, -0.2) is 92.5 Å². The number of piperidine rings is 1. The van der Waals surface area contributed by atoms with Crippen LogP contribution in [0, 0.1) is 11.8 Å². The summed E-state index contributed by atoms with van der Waals surface area (Å²) in [4.78, 5) is 23.0. The number of nitrogens with one attached hydrogen (secondary N) is 1. The third-order valence-corrected chi connectivity index (χ3v) is 5.77. The molecule has 150 valence electrons. The lowest BCUT2D eigenvalue weighted by molar-refractivity contribution is -0.119. The topological polar surface area (TPSA) is 77.2 Å². The number of carbonyl (C=O) groups is 1. The maximum atomic E-state index is 11.3. The molecule has 2 unspecified atom stereocenters. The number of nitrogens with two attached hydrogens (primary N) is 1. The number of aliphatic imine (C=N–C) groups is 1. The van der Waals surface area contributed by atoms with Crippen LogP contribution in [0.4, 0.5) is 0 Å². The van der Waals surface area contributed by atoms with E-state index in [2.05, 4.69) is 45.9 Å². The van der Waals surface area contributed by atoms with Gasteiger partial charge in [0.05, 0.1) is 0 Å². The minimum absolute atomic E-state index is 0.199. The third-order valence-electron chi connectivity index (χ3n) is 5.77. The summed E-state index contributed by atoms with van der Waals surface area (Å²) in [7, 11) is 4.04. The van der Waals surface area contributed by atoms with E-state index < -0.39 is 0 Å². The van der Waals surface area contributed by atoms with Crippen LogP contribution in [-0.2, 0) is 4.79 Å². The first-order valence-electron chi connectivity index (χ1n) is 10.1. The van der Waals surface area contributed by atoms with Crippen molar-refractivity contribution in [2.75, 3.05) is 59.9 Å². The van der Waals surface area contributed by atoms with Gasteiger partial charge in [-0.3, -0.25) is 14.7 Å². The van der Waals surface area contributed by atoms with Crippen LogP contribution in [0.3, 0.4) is 0 Å². The molecule has 0 aliphatic carbocycles. The second-order valence-electron chi connectivity index (χ2n) is 8.20. The molecule has 2 saturated heterocycles. The second-order valence-corrected chi connectivity index (χ2v) is 8.20. The first kappa shape index (κ1) is 21.0. The van der Waals surface area contributed by atoms with Gasteiger partial charge < -0.3 is 20.9 Å². The molecule has 2 fully saturated rings. The lowest BCUT2D eigenvalue weighted by Crippen LogP contribution is -2.56. The molecular formula is C19H38N6O. The molecule has 7 nitrogen and oxygen atoms in total. The van der Waals surface area contributed by atoms with E-state index in [4.69, 9.17) is 5.73 Å². The number of primary amides is 1. The van der Waals surface area contributed by atoms with Crippen molar-refractivity contribution in [3.05, 3.63) is 0 Å². The average Bonchev–Trinajstić information content (AvgIpc) is 2.59. The number of rotatable bonds is 6. The van der Waals surface area contributed by atoms with Crippen LogP contribution >= 0.6 is 0 Å². The molecule has 2 aliphatic heterocycles. The van der Waals surface area contributed by atoms with Crippen molar-refractivity contribution in [1.82, 2.24) is 20.0 Å². The van der Waals surface area contributed by atoms with Crippen LogP contribution in [0.15, 0.2) is 4.99 Å². The first-order valence-corrected chi connectivity index (χ1v) is 10.1. The number of nitrogens with zero attached hydrogens (tertiary/aromatic N) is 4. The summed E-state index contributed by atoms with van der Waals surface area (Å²) in [6.45, 7) is 11.9. The SMILES string of the molecule is CN=C(NCC(C(C)C)N1CCN(C)CC1)N1CCCC(CC(N)=O)C1. The lowest BCUT2D eigenvalue weighted by atomic mass is 9.95. The molecule has 26 heavy (non-hydrogen) atoms. The van der Waals surface area contributed by atoms with E-state index in [1.165, 1.54) is 0 Å². The fraction of sp³-hybridized carbons (Fsp3) is 0.895. The van der Waals surface area contributed by atoms with E-state index in [0.29, 0.717) is 24.3 Å². The van der Waals surface area contributed by atoms with Gasteiger partial charge in [0.1, 0.15) is 0 Å². The standard InChI is InChI=1S/C19H38N6O/c1-15(2)17(24-10-8-23(4)9-11-24)13-22-19(21-3)25-7-5-6-16(14-25)12-18(20)26/h15-17H,5-14H2,1-4H3,(H2,20,26)(H,21,22). The summed E-state index contributed by atoms with van der Waals surface area (Å²) in [5.74, 6) is 1.69. The maximum Gasteiger partial charge on any atom is 0.217 e. The highest BCUT2D eigenvalue weighted by Gasteiger charge is 2.27. The summed E-state index contributed by atoms with van der Waals surface area (Å²) >= 11 is 0. The smallest absolute Gasteiger partial charge is 0.217 e. The Balaban J connectivity index is 1.90. The minimum atomic E-state index is -0.199. The van der Waals surface area contributed by atoms with Gasteiger partial charge in [-0.1, -0.05) is 13.8 Å². The summed E-state index contributed by atoms with van der Waals surface area (Å²) in [6, 6.07) is 0.506. The molecule has 0 spiro atoms. The number of piperazine rings is 1. The van der Waals surface area contributed by atoms with Gasteiger partial charge in [-0.25, -0.2) is 0 Å². The highest BCUT2D eigenvalue weighted by Crippen LogP contribution is 2.19. The summed E-state index contributed by atoms with van der Waals surface area (Å²) in [6.07, 6.45) is 2.64. The molecule has 0 saturated carbocycles. The van der Waals surface area contributed by atoms with Crippen molar-refractivity contribution in [2.24, 2.45) is 22.6 Å². The number of hydrogen-bond donors (Lipinski definition) is 2. The van der Waals surface area contributed by atoms with E-state index in [1.54, 1.807) is 0 Å². The molecular weight excluding hydrogens is 328 g/mol. The van der Waals surface area contributed by atoms with Crippen molar-refractivity contribution in [1.29, 1.82) is 0 Å². The van der Waals surface area contributed by atoms with E-state index >= 15 is 0 Å². The third kappa shape index (κ3) is 6.13. The monoisotopic (exact) mass is 366 g/mol. The largest absolute Gasteiger partial charge is 0.370 e. The van der Waals surface area contributed by atoms with E-state index in [-0.39, 0.29) is 5.91 Å². The second kappa shape index (κ2) is 10.1. The molecule has 0 aromatic carbocycles. The highest BCUT2D eigenvalue weighted by molar-refractivity contribution is 5.80. The van der Waals surface area contributed by atoms with Gasteiger partial charge in [0, 0.05) is 65.3 Å². The minimum Gasteiger partial charge on any atom is -0.370 e. The molecule has 2 aliphatic rings. The summed E-state index contributed by atoms with van der Waals surface area (Å²) in [5.41, 5.74) is 5.39. The number of likely N-dealkylation sites (tertiary alicyclic amines) is 1. The molecule has 0 aromatic heterocycles. The van der Waals surface area contributed by atoms with E-state index in [9.17, 15) is 4.79 Å². The predicted octanol–water partition coefficient (Wildman–Crippen LogP) is 0.421. The van der Waals surface area contributed by atoms with Crippen LogP contribution in [0.5, 0.6) is 0 Å². The lowest BCUT2D eigenvalue weighted by Gasteiger charge is -2.41. The zero-order valence-corrected chi connectivity index (χ0v) is 17.1. The van der Waals surface area contributed by atoms with Crippen molar-refractivity contribution < 1.29 is 4.79 Å². The van der Waals surface area contributed by atoms with Crippen molar-refractivity contribution in [3.8, 4) is 0 Å². The Kier molecular flexibility index (Phi) is 8.15. The molecule has 1 amide bonds. The Labute approximate surface area is 159 Å². The van der Waals surface area contributed by atoms with Crippen molar-refractivity contribution in [2.45, 2.75) is 39.2 Å². The van der Waals surface area contributed by atoms with Gasteiger partial charge in [-0.2, -0.15) is 0 Å². The van der Waals surface area contributed by atoms with E-state index in [0.717, 1.165) is 64.6 Å². The molecule has 0 bridgehead atoms. The molecule has 2 rings (SSSR count). The van der Waals surface area contributed by atoms with Gasteiger partial charge >= 0.3 is 0 Å². The zero-order chi connectivity index (χ0) is 19.1. The molecule has 3 N–H and O–H groups in total. The van der Waals surface area contributed by atoms with Crippen LogP contribution < -0.4 is 11.1 Å². The Morgan fingerprint density at radius 3 is 2.50 bits per heavy atom. The summed E-state index contributed by atoms with van der Waals surface area (Å²) < 4.78 is 0. The molecule has 0 aromatic rings. The van der Waals surface area contributed by atoms with Crippen molar-refractivity contribution in [3.63, 3.8) is 0 Å². The average molecular weight is 367 g/mol. The molecule has 2 heterocycles. The number of likely N-dealkylation sites (N-methyl/N-ethyl adjacent to an activating group) is 1. The van der Waals surface area contributed by atoms with Crippen molar-refractivity contribution >= 4 is 11.9 Å². The Hall–Kier alpha value is -1.34.